The lowest BCUT2D eigenvalue weighted by molar-refractivity contribution is 0.0936. The summed E-state index contributed by atoms with van der Waals surface area (Å²) < 4.78 is 3.86. The van der Waals surface area contributed by atoms with E-state index in [0.29, 0.717) is 34.6 Å². The Morgan fingerprint density at radius 2 is 1.91 bits per heavy atom. The van der Waals surface area contributed by atoms with Crippen molar-refractivity contribution in [3.63, 3.8) is 0 Å². The van der Waals surface area contributed by atoms with Gasteiger partial charge in [0.1, 0.15) is 23.5 Å². The van der Waals surface area contributed by atoms with Gasteiger partial charge in [0.2, 0.25) is 0 Å². The molecule has 1 atom stereocenters. The molecule has 5 heterocycles. The number of hydrogen-bond acceptors (Lipinski definition) is 8. The van der Waals surface area contributed by atoms with Gasteiger partial charge in [-0.3, -0.25) is 14.3 Å². The van der Waals surface area contributed by atoms with E-state index in [4.69, 9.17) is 15.7 Å². The van der Waals surface area contributed by atoms with Crippen LogP contribution in [0.5, 0.6) is 0 Å². The minimum Gasteiger partial charge on any atom is -0.383 e. The Balaban J connectivity index is 1.21. The van der Waals surface area contributed by atoms with E-state index in [1.807, 2.05) is 52.6 Å². The summed E-state index contributed by atoms with van der Waals surface area (Å²) >= 11 is 0. The molecule has 1 saturated carbocycles. The summed E-state index contributed by atoms with van der Waals surface area (Å²) in [6, 6.07) is 17.5. The number of hydrogen-bond donors (Lipinski definition) is 2. The molecule has 0 unspecified atom stereocenters. The fraction of sp³-hybridized carbons (Fsp3) is 0.219. The summed E-state index contributed by atoms with van der Waals surface area (Å²) in [6.45, 7) is 1.90. The molecule has 212 valence electrons. The minimum atomic E-state index is -0.125. The van der Waals surface area contributed by atoms with Crippen LogP contribution in [-0.2, 0) is 6.42 Å². The van der Waals surface area contributed by atoms with Gasteiger partial charge in [-0.25, -0.2) is 19.9 Å². The maximum atomic E-state index is 13.0. The zero-order valence-corrected chi connectivity index (χ0v) is 23.5. The largest absolute Gasteiger partial charge is 0.383 e. The van der Waals surface area contributed by atoms with Crippen LogP contribution in [0.1, 0.15) is 64.2 Å². The van der Waals surface area contributed by atoms with E-state index in [1.165, 1.54) is 5.56 Å². The molecule has 2 aliphatic rings. The molecule has 8 rings (SSSR count). The molecule has 2 aliphatic carbocycles. The third-order valence-corrected chi connectivity index (χ3v) is 8.24. The molecule has 43 heavy (non-hydrogen) atoms. The van der Waals surface area contributed by atoms with Crippen molar-refractivity contribution in [3.05, 3.63) is 102 Å². The van der Waals surface area contributed by atoms with Crippen LogP contribution >= 0.6 is 0 Å². The van der Waals surface area contributed by atoms with E-state index in [9.17, 15) is 4.79 Å². The minimum absolute atomic E-state index is 0.0799. The van der Waals surface area contributed by atoms with E-state index < -0.39 is 0 Å². The van der Waals surface area contributed by atoms with Crippen LogP contribution in [0.25, 0.3) is 34.1 Å². The second-order valence-corrected chi connectivity index (χ2v) is 11.2. The van der Waals surface area contributed by atoms with Crippen LogP contribution in [0.4, 0.5) is 5.82 Å². The quantitative estimate of drug-likeness (QED) is 0.296. The summed E-state index contributed by atoms with van der Waals surface area (Å²) in [7, 11) is 0. The molecule has 3 N–H and O–H groups in total. The molecule has 1 fully saturated rings. The number of nitrogens with zero attached hydrogens (tertiary/aromatic N) is 8. The highest BCUT2D eigenvalue weighted by molar-refractivity contribution is 5.94. The normalized spacial score (nSPS) is 16.0. The van der Waals surface area contributed by atoms with Crippen LogP contribution in [0.3, 0.4) is 0 Å². The lowest BCUT2D eigenvalue weighted by Gasteiger charge is -2.16. The maximum absolute atomic E-state index is 13.0. The number of fused-ring (bicyclic) bond motifs is 2. The van der Waals surface area contributed by atoms with Gasteiger partial charge < -0.3 is 11.1 Å². The second-order valence-electron chi connectivity index (χ2n) is 11.2. The van der Waals surface area contributed by atoms with Crippen LogP contribution in [-0.4, -0.2) is 45.2 Å². The number of aryl methyl sites for hydroxylation is 2. The zero-order valence-electron chi connectivity index (χ0n) is 23.5. The van der Waals surface area contributed by atoms with E-state index in [0.717, 1.165) is 59.5 Å². The third-order valence-electron chi connectivity index (χ3n) is 8.24. The first kappa shape index (κ1) is 25.3. The van der Waals surface area contributed by atoms with Gasteiger partial charge in [0.25, 0.3) is 5.91 Å². The number of anilines is 1. The second kappa shape index (κ2) is 9.83. The molecule has 0 radical (unpaired) electrons. The maximum Gasteiger partial charge on any atom is 0.253 e. The number of carbonyl (C=O) groups excluding carboxylic acids is 1. The summed E-state index contributed by atoms with van der Waals surface area (Å²) in [4.78, 5) is 36.1. The molecule has 1 aromatic carbocycles. The number of nitrogen functional groups attached to an aromatic ring is 1. The highest BCUT2D eigenvalue weighted by atomic mass is 16.1. The molecule has 1 amide bonds. The van der Waals surface area contributed by atoms with Crippen LogP contribution in [0.15, 0.2) is 73.3 Å². The van der Waals surface area contributed by atoms with Gasteiger partial charge in [0.05, 0.1) is 17.2 Å². The topological polar surface area (TPSA) is 142 Å². The number of benzene rings is 1. The fourth-order valence-electron chi connectivity index (χ4n) is 5.88. The first-order chi connectivity index (χ1) is 21.0. The standard InChI is InChI=1S/C32H28N10O/c1-18-4-5-21(16-35-18)32(43)39-25-11-8-20-15-22(9-10-23(20)25)41-30(24-3-2-14-34-28(24)33)38-26-12-13-27(40-31(26)41)42-29(19-6-7-19)36-17-37-42/h2-5,9-10,12-17,19,25H,6-8,11H2,1H3,(H2,33,34)(H,39,43)/t25-/m0/s1. The summed E-state index contributed by atoms with van der Waals surface area (Å²) in [5.74, 6) is 2.96. The third kappa shape index (κ3) is 4.40. The van der Waals surface area contributed by atoms with Gasteiger partial charge in [0, 0.05) is 29.7 Å². The Bertz CT molecular complexity index is 2020. The van der Waals surface area contributed by atoms with Crippen LogP contribution in [0, 0.1) is 6.92 Å². The Kier molecular flexibility index (Phi) is 5.78. The molecule has 6 aromatic rings. The number of pyridine rings is 3. The Morgan fingerprint density at radius 3 is 2.72 bits per heavy atom. The van der Waals surface area contributed by atoms with Crippen LogP contribution < -0.4 is 11.1 Å². The van der Waals surface area contributed by atoms with Crippen LogP contribution in [0.2, 0.25) is 0 Å². The van der Waals surface area contributed by atoms with E-state index in [1.54, 1.807) is 24.8 Å². The molecule has 0 bridgehead atoms. The highest BCUT2D eigenvalue weighted by Gasteiger charge is 2.30. The average Bonchev–Trinajstić information content (AvgIpc) is 3.43. The Hall–Kier alpha value is -5.45. The number of aromatic nitrogens is 8. The van der Waals surface area contributed by atoms with Crippen molar-refractivity contribution in [2.24, 2.45) is 0 Å². The number of rotatable bonds is 6. The van der Waals surface area contributed by atoms with Crippen molar-refractivity contribution in [2.75, 3.05) is 5.73 Å². The number of nitrogens with two attached hydrogens (primary N) is 1. The molecule has 0 saturated heterocycles. The average molecular weight is 569 g/mol. The van der Waals surface area contributed by atoms with Gasteiger partial charge in [-0.15, -0.1) is 0 Å². The number of carbonyl (C=O) groups is 1. The van der Waals surface area contributed by atoms with Crippen molar-refractivity contribution >= 4 is 22.9 Å². The molecule has 11 nitrogen and oxygen atoms in total. The molecule has 11 heteroatoms. The van der Waals surface area contributed by atoms with Crippen molar-refractivity contribution in [2.45, 2.75) is 44.6 Å². The van der Waals surface area contributed by atoms with Crippen molar-refractivity contribution < 1.29 is 4.79 Å². The molecular formula is C32H28N10O. The summed E-state index contributed by atoms with van der Waals surface area (Å²) in [6.07, 6.45) is 8.75. The predicted octanol–water partition coefficient (Wildman–Crippen LogP) is 4.64. The van der Waals surface area contributed by atoms with E-state index >= 15 is 0 Å². The molecule has 0 spiro atoms. The first-order valence-corrected chi connectivity index (χ1v) is 14.4. The van der Waals surface area contributed by atoms with Gasteiger partial charge in [-0.05, 0) is 92.3 Å². The Morgan fingerprint density at radius 1 is 1.00 bits per heavy atom. The number of nitrogens with one attached hydrogen (secondary N) is 1. The van der Waals surface area contributed by atoms with E-state index in [2.05, 4.69) is 37.5 Å². The monoisotopic (exact) mass is 568 g/mol. The van der Waals surface area contributed by atoms with Gasteiger partial charge in [0.15, 0.2) is 17.3 Å². The predicted molar refractivity (Wildman–Crippen MR) is 161 cm³/mol. The van der Waals surface area contributed by atoms with Gasteiger partial charge in [-0.1, -0.05) is 6.07 Å². The number of imidazole rings is 1. The lowest BCUT2D eigenvalue weighted by Crippen LogP contribution is -2.27. The van der Waals surface area contributed by atoms with E-state index in [-0.39, 0.29) is 11.9 Å². The zero-order chi connectivity index (χ0) is 29.1. The smallest absolute Gasteiger partial charge is 0.253 e. The first-order valence-electron chi connectivity index (χ1n) is 14.4. The Labute approximate surface area is 246 Å². The fourth-order valence-corrected chi connectivity index (χ4v) is 5.88. The molecular weight excluding hydrogens is 540 g/mol. The van der Waals surface area contributed by atoms with Crippen molar-refractivity contribution in [1.29, 1.82) is 0 Å². The number of amides is 1. The SMILES string of the molecule is Cc1ccc(C(=O)N[C@H]2CCc3cc(-n4c(-c5cccnc5N)nc5ccc(-n6ncnc6C6CC6)nc54)ccc32)cn1. The highest BCUT2D eigenvalue weighted by Crippen LogP contribution is 2.40. The lowest BCUT2D eigenvalue weighted by atomic mass is 10.1. The molecule has 0 aliphatic heterocycles. The summed E-state index contributed by atoms with van der Waals surface area (Å²) in [5, 5.41) is 7.68. The van der Waals surface area contributed by atoms with Gasteiger partial charge >= 0.3 is 0 Å². The summed E-state index contributed by atoms with van der Waals surface area (Å²) in [5.41, 5.74) is 13.1. The van der Waals surface area contributed by atoms with Crippen molar-refractivity contribution in [3.8, 4) is 22.9 Å². The van der Waals surface area contributed by atoms with Gasteiger partial charge in [-0.2, -0.15) is 9.78 Å². The van der Waals surface area contributed by atoms with Crippen molar-refractivity contribution in [1.82, 2.24) is 44.6 Å². The molecule has 5 aromatic heterocycles.